The lowest BCUT2D eigenvalue weighted by Gasteiger charge is -2.15. The Bertz CT molecular complexity index is 643. The van der Waals surface area contributed by atoms with E-state index >= 15 is 0 Å². The molecule has 0 radical (unpaired) electrons. The highest BCUT2D eigenvalue weighted by Crippen LogP contribution is 2.14. The quantitative estimate of drug-likeness (QED) is 0.824. The summed E-state index contributed by atoms with van der Waals surface area (Å²) in [6.07, 6.45) is 1.58. The summed E-state index contributed by atoms with van der Waals surface area (Å²) in [6, 6.07) is 10.2. The number of nitrogens with one attached hydrogen (secondary N) is 2. The van der Waals surface area contributed by atoms with Crippen molar-refractivity contribution in [3.8, 4) is 0 Å². The zero-order chi connectivity index (χ0) is 15.9. The summed E-state index contributed by atoms with van der Waals surface area (Å²) in [4.78, 5) is 25.4. The molecular weight excluding hydrogens is 306 g/mol. The Kier molecular flexibility index (Phi) is 5.57. The predicted octanol–water partition coefficient (Wildman–Crippen LogP) is 1.83. The molecule has 0 aliphatic heterocycles. The normalized spacial score (nSPS) is 10.5. The highest BCUT2D eigenvalue weighted by atomic mass is 35.5. The van der Waals surface area contributed by atoms with E-state index in [1.54, 1.807) is 48.5 Å². The van der Waals surface area contributed by atoms with E-state index in [0.717, 1.165) is 5.76 Å². The van der Waals surface area contributed by atoms with Gasteiger partial charge in [0.05, 0.1) is 29.9 Å². The van der Waals surface area contributed by atoms with Crippen LogP contribution >= 0.6 is 11.6 Å². The first kappa shape index (κ1) is 16.1. The Morgan fingerprint density at radius 2 is 1.95 bits per heavy atom. The molecule has 0 bridgehead atoms. The standard InChI is InChI=1S/C15H16ClN3O3/c1-19(9-11-5-4-8-22-11)10-14(20)17-18-15(21)12-6-2-3-7-13(12)16/h2-8H,9-10H2,1H3,(H,17,20)(H,18,21). The molecule has 116 valence electrons. The molecule has 0 atom stereocenters. The van der Waals surface area contributed by atoms with Gasteiger partial charge in [0.1, 0.15) is 5.76 Å². The van der Waals surface area contributed by atoms with Crippen LogP contribution in [0.1, 0.15) is 16.1 Å². The first-order valence-electron chi connectivity index (χ1n) is 6.61. The number of hydrogen-bond donors (Lipinski definition) is 2. The average Bonchev–Trinajstić information content (AvgIpc) is 2.98. The van der Waals surface area contributed by atoms with Gasteiger partial charge in [0.25, 0.3) is 11.8 Å². The fraction of sp³-hybridized carbons (Fsp3) is 0.200. The second-order valence-electron chi connectivity index (χ2n) is 4.73. The number of benzene rings is 1. The zero-order valence-corrected chi connectivity index (χ0v) is 12.8. The third-order valence-corrected chi connectivity index (χ3v) is 3.18. The van der Waals surface area contributed by atoms with E-state index in [4.69, 9.17) is 16.0 Å². The van der Waals surface area contributed by atoms with Crippen molar-refractivity contribution >= 4 is 23.4 Å². The largest absolute Gasteiger partial charge is 0.468 e. The van der Waals surface area contributed by atoms with Crippen LogP contribution in [-0.2, 0) is 11.3 Å². The molecule has 0 saturated heterocycles. The van der Waals surface area contributed by atoms with Crippen LogP contribution in [0.5, 0.6) is 0 Å². The van der Waals surface area contributed by atoms with Gasteiger partial charge in [-0.25, -0.2) is 0 Å². The second-order valence-corrected chi connectivity index (χ2v) is 5.14. The van der Waals surface area contributed by atoms with Crippen molar-refractivity contribution in [2.45, 2.75) is 6.54 Å². The molecule has 1 heterocycles. The predicted molar refractivity (Wildman–Crippen MR) is 82.1 cm³/mol. The molecule has 22 heavy (non-hydrogen) atoms. The third kappa shape index (κ3) is 4.61. The van der Waals surface area contributed by atoms with E-state index in [9.17, 15) is 9.59 Å². The summed E-state index contributed by atoms with van der Waals surface area (Å²) in [5.41, 5.74) is 4.98. The molecule has 7 heteroatoms. The van der Waals surface area contributed by atoms with E-state index < -0.39 is 5.91 Å². The second kappa shape index (κ2) is 7.63. The van der Waals surface area contributed by atoms with Gasteiger partial charge in [0.15, 0.2) is 0 Å². The lowest BCUT2D eigenvalue weighted by atomic mass is 10.2. The third-order valence-electron chi connectivity index (χ3n) is 2.85. The van der Waals surface area contributed by atoms with Crippen molar-refractivity contribution in [1.29, 1.82) is 0 Å². The van der Waals surface area contributed by atoms with Crippen molar-refractivity contribution in [3.05, 3.63) is 59.0 Å². The number of likely N-dealkylation sites (N-methyl/N-ethyl adjacent to an activating group) is 1. The lowest BCUT2D eigenvalue weighted by molar-refractivity contribution is -0.122. The number of hydrogen-bond acceptors (Lipinski definition) is 4. The fourth-order valence-corrected chi connectivity index (χ4v) is 2.07. The summed E-state index contributed by atoms with van der Waals surface area (Å²) in [7, 11) is 1.78. The molecule has 0 spiro atoms. The topological polar surface area (TPSA) is 74.6 Å². The first-order chi connectivity index (χ1) is 10.6. The van der Waals surface area contributed by atoms with E-state index in [0.29, 0.717) is 17.1 Å². The van der Waals surface area contributed by atoms with E-state index in [2.05, 4.69) is 10.9 Å². The molecule has 1 aromatic heterocycles. The van der Waals surface area contributed by atoms with E-state index in [1.165, 1.54) is 0 Å². The fourth-order valence-electron chi connectivity index (χ4n) is 1.85. The Morgan fingerprint density at radius 1 is 1.18 bits per heavy atom. The summed E-state index contributed by atoms with van der Waals surface area (Å²) in [5.74, 6) is -0.0440. The lowest BCUT2D eigenvalue weighted by Crippen LogP contribution is -2.45. The number of furan rings is 1. The Morgan fingerprint density at radius 3 is 2.64 bits per heavy atom. The highest BCUT2D eigenvalue weighted by molar-refractivity contribution is 6.33. The van der Waals surface area contributed by atoms with Crippen molar-refractivity contribution in [1.82, 2.24) is 15.8 Å². The van der Waals surface area contributed by atoms with Crippen LogP contribution in [0, 0.1) is 0 Å². The molecule has 2 aromatic rings. The van der Waals surface area contributed by atoms with Gasteiger partial charge >= 0.3 is 0 Å². The Hall–Kier alpha value is -2.31. The SMILES string of the molecule is CN(CC(=O)NNC(=O)c1ccccc1Cl)Cc1ccco1. The van der Waals surface area contributed by atoms with Gasteiger partial charge in [-0.15, -0.1) is 0 Å². The summed E-state index contributed by atoms with van der Waals surface area (Å²) >= 11 is 5.91. The maximum Gasteiger partial charge on any atom is 0.271 e. The van der Waals surface area contributed by atoms with Crippen LogP contribution in [0.4, 0.5) is 0 Å². The van der Waals surface area contributed by atoms with Gasteiger partial charge < -0.3 is 4.42 Å². The Balaban J connectivity index is 1.78. The van der Waals surface area contributed by atoms with Gasteiger partial charge in [-0.05, 0) is 31.3 Å². The van der Waals surface area contributed by atoms with Gasteiger partial charge in [0.2, 0.25) is 0 Å². The van der Waals surface area contributed by atoms with Gasteiger partial charge in [-0.2, -0.15) is 0 Å². The molecule has 2 amide bonds. The van der Waals surface area contributed by atoms with Crippen LogP contribution in [0.3, 0.4) is 0 Å². The molecular formula is C15H16ClN3O3. The molecule has 0 unspecified atom stereocenters. The molecule has 0 aliphatic carbocycles. The molecule has 2 N–H and O–H groups in total. The van der Waals surface area contributed by atoms with Crippen LogP contribution < -0.4 is 10.9 Å². The minimum absolute atomic E-state index is 0.115. The maximum atomic E-state index is 11.9. The number of carbonyl (C=O) groups is 2. The summed E-state index contributed by atoms with van der Waals surface area (Å²) in [6.45, 7) is 0.613. The Labute approximate surface area is 133 Å². The maximum absolute atomic E-state index is 11.9. The van der Waals surface area contributed by atoms with Crippen LogP contribution in [0.2, 0.25) is 5.02 Å². The van der Waals surface area contributed by atoms with E-state index in [1.807, 2.05) is 6.07 Å². The van der Waals surface area contributed by atoms with Crippen molar-refractivity contribution < 1.29 is 14.0 Å². The van der Waals surface area contributed by atoms with Crippen LogP contribution in [0.15, 0.2) is 47.1 Å². The van der Waals surface area contributed by atoms with Crippen molar-refractivity contribution in [2.75, 3.05) is 13.6 Å². The number of amides is 2. The monoisotopic (exact) mass is 321 g/mol. The number of hydrazine groups is 1. The van der Waals surface area contributed by atoms with Gasteiger partial charge in [-0.3, -0.25) is 25.3 Å². The summed E-state index contributed by atoms with van der Waals surface area (Å²) in [5, 5.41) is 0.323. The smallest absolute Gasteiger partial charge is 0.271 e. The molecule has 6 nitrogen and oxygen atoms in total. The van der Waals surface area contributed by atoms with E-state index in [-0.39, 0.29) is 12.5 Å². The number of halogens is 1. The highest BCUT2D eigenvalue weighted by Gasteiger charge is 2.12. The number of rotatable bonds is 5. The average molecular weight is 322 g/mol. The minimum atomic E-state index is -0.465. The van der Waals surface area contributed by atoms with Gasteiger partial charge in [-0.1, -0.05) is 23.7 Å². The zero-order valence-electron chi connectivity index (χ0n) is 12.0. The van der Waals surface area contributed by atoms with Gasteiger partial charge in [0, 0.05) is 0 Å². The van der Waals surface area contributed by atoms with Crippen molar-refractivity contribution in [2.24, 2.45) is 0 Å². The molecule has 0 aliphatic rings. The van der Waals surface area contributed by atoms with Crippen molar-refractivity contribution in [3.63, 3.8) is 0 Å². The molecule has 0 saturated carbocycles. The molecule has 0 fully saturated rings. The molecule has 2 rings (SSSR count). The van der Waals surface area contributed by atoms with Crippen LogP contribution in [-0.4, -0.2) is 30.3 Å². The number of nitrogens with zero attached hydrogens (tertiary/aromatic N) is 1. The van der Waals surface area contributed by atoms with Crippen LogP contribution in [0.25, 0.3) is 0 Å². The minimum Gasteiger partial charge on any atom is -0.468 e. The first-order valence-corrected chi connectivity index (χ1v) is 6.98. The molecule has 1 aromatic carbocycles. The summed E-state index contributed by atoms with van der Waals surface area (Å²) < 4.78 is 5.20. The number of carbonyl (C=O) groups excluding carboxylic acids is 2.